The van der Waals surface area contributed by atoms with Gasteiger partial charge in [-0.3, -0.25) is 0 Å². The van der Waals surface area contributed by atoms with Crippen LogP contribution >= 0.6 is 23.4 Å². The third-order valence-corrected chi connectivity index (χ3v) is 4.06. The number of benzene rings is 1. The lowest BCUT2D eigenvalue weighted by atomic mass is 10.2. The number of fused-ring (bicyclic) bond motifs is 1. The van der Waals surface area contributed by atoms with E-state index in [-0.39, 0.29) is 0 Å². The molecule has 0 saturated carbocycles. The molecule has 0 N–H and O–H groups in total. The molecule has 0 bridgehead atoms. The molecule has 86 valence electrons. The summed E-state index contributed by atoms with van der Waals surface area (Å²) in [7, 11) is 2.05. The van der Waals surface area contributed by atoms with Gasteiger partial charge in [0.1, 0.15) is 0 Å². The highest BCUT2D eigenvalue weighted by Gasteiger charge is 2.09. The van der Waals surface area contributed by atoms with Gasteiger partial charge in [0.15, 0.2) is 0 Å². The van der Waals surface area contributed by atoms with Gasteiger partial charge in [-0.2, -0.15) is 11.8 Å². The predicted octanol–water partition coefficient (Wildman–Crippen LogP) is 4.47. The zero-order valence-electron chi connectivity index (χ0n) is 9.83. The minimum absolute atomic E-state index is 0.662. The summed E-state index contributed by atoms with van der Waals surface area (Å²) in [6.45, 7) is 4.45. The van der Waals surface area contributed by atoms with Crippen molar-refractivity contribution in [1.29, 1.82) is 0 Å². The quantitative estimate of drug-likeness (QED) is 0.781. The number of halogens is 1. The Bertz CT molecular complexity index is 502. The number of hydrogen-bond donors (Lipinski definition) is 0. The van der Waals surface area contributed by atoms with Crippen LogP contribution in [0.4, 0.5) is 0 Å². The van der Waals surface area contributed by atoms with Gasteiger partial charge in [0.2, 0.25) is 0 Å². The molecule has 0 unspecified atom stereocenters. The average molecular weight is 254 g/mol. The van der Waals surface area contributed by atoms with E-state index in [0.29, 0.717) is 5.25 Å². The van der Waals surface area contributed by atoms with Crippen LogP contribution < -0.4 is 0 Å². The van der Waals surface area contributed by atoms with Crippen molar-refractivity contribution in [3.05, 3.63) is 35.0 Å². The standard InChI is InChI=1S/C13H16ClNS/c1-9(2)16-8-10-7-15(3)13-11(10)5-4-6-12(13)14/h4-7,9H,8H2,1-3H3. The van der Waals surface area contributed by atoms with Crippen LogP contribution in [0.1, 0.15) is 19.4 Å². The van der Waals surface area contributed by atoms with Crippen molar-refractivity contribution in [2.24, 2.45) is 7.05 Å². The molecule has 0 fully saturated rings. The molecule has 0 aliphatic rings. The molecule has 1 aromatic heterocycles. The lowest BCUT2D eigenvalue weighted by Gasteiger charge is -2.03. The van der Waals surface area contributed by atoms with Crippen molar-refractivity contribution in [2.45, 2.75) is 24.9 Å². The third-order valence-electron chi connectivity index (χ3n) is 2.61. The monoisotopic (exact) mass is 253 g/mol. The molecule has 0 saturated heterocycles. The normalized spacial score (nSPS) is 11.6. The van der Waals surface area contributed by atoms with Gasteiger partial charge >= 0.3 is 0 Å². The Balaban J connectivity index is 2.43. The summed E-state index contributed by atoms with van der Waals surface area (Å²) in [5.41, 5.74) is 2.52. The van der Waals surface area contributed by atoms with Crippen LogP contribution in [0.3, 0.4) is 0 Å². The predicted molar refractivity (Wildman–Crippen MR) is 74.4 cm³/mol. The Morgan fingerprint density at radius 1 is 1.38 bits per heavy atom. The Morgan fingerprint density at radius 2 is 2.12 bits per heavy atom. The van der Waals surface area contributed by atoms with Gasteiger partial charge in [0.25, 0.3) is 0 Å². The van der Waals surface area contributed by atoms with Crippen LogP contribution in [0.2, 0.25) is 5.02 Å². The summed E-state index contributed by atoms with van der Waals surface area (Å²) in [5.74, 6) is 1.05. The summed E-state index contributed by atoms with van der Waals surface area (Å²) in [4.78, 5) is 0. The SMILES string of the molecule is CC(C)SCc1cn(C)c2c(Cl)cccc12. The summed E-state index contributed by atoms with van der Waals surface area (Å²) in [6, 6.07) is 6.12. The maximum absolute atomic E-state index is 6.21. The largest absolute Gasteiger partial charge is 0.349 e. The Hall–Kier alpha value is -0.600. The topological polar surface area (TPSA) is 4.93 Å². The molecular formula is C13H16ClNS. The van der Waals surface area contributed by atoms with Crippen LogP contribution in [0.5, 0.6) is 0 Å². The molecule has 0 aliphatic carbocycles. The van der Waals surface area contributed by atoms with Gasteiger partial charge in [-0.15, -0.1) is 0 Å². The number of para-hydroxylation sites is 1. The number of hydrogen-bond acceptors (Lipinski definition) is 1. The van der Waals surface area contributed by atoms with Gasteiger partial charge < -0.3 is 4.57 Å². The zero-order valence-corrected chi connectivity index (χ0v) is 11.4. The lowest BCUT2D eigenvalue weighted by Crippen LogP contribution is -1.88. The molecule has 1 nitrogen and oxygen atoms in total. The molecule has 0 amide bonds. The lowest BCUT2D eigenvalue weighted by molar-refractivity contribution is 0.962. The summed E-state index contributed by atoms with van der Waals surface area (Å²) in [6.07, 6.45) is 2.19. The number of nitrogens with zero attached hydrogens (tertiary/aromatic N) is 1. The molecule has 1 heterocycles. The van der Waals surface area contributed by atoms with Crippen molar-refractivity contribution < 1.29 is 0 Å². The highest BCUT2D eigenvalue weighted by atomic mass is 35.5. The molecule has 0 spiro atoms. The highest BCUT2D eigenvalue weighted by molar-refractivity contribution is 7.99. The van der Waals surface area contributed by atoms with Gasteiger partial charge in [-0.05, 0) is 16.9 Å². The Kier molecular flexibility index (Phi) is 3.50. The minimum atomic E-state index is 0.662. The van der Waals surface area contributed by atoms with E-state index in [4.69, 9.17) is 11.6 Å². The van der Waals surface area contributed by atoms with Crippen molar-refractivity contribution in [2.75, 3.05) is 0 Å². The van der Waals surface area contributed by atoms with Gasteiger partial charge in [-0.1, -0.05) is 37.6 Å². The highest BCUT2D eigenvalue weighted by Crippen LogP contribution is 2.30. The number of aromatic nitrogens is 1. The van der Waals surface area contributed by atoms with E-state index in [2.05, 4.69) is 37.7 Å². The molecule has 0 aliphatic heterocycles. The molecular weight excluding hydrogens is 238 g/mol. The second kappa shape index (κ2) is 4.72. The summed E-state index contributed by atoms with van der Waals surface area (Å²) < 4.78 is 2.12. The van der Waals surface area contributed by atoms with E-state index in [1.165, 1.54) is 10.9 Å². The van der Waals surface area contributed by atoms with E-state index in [0.717, 1.165) is 16.3 Å². The third kappa shape index (κ3) is 2.23. The van der Waals surface area contributed by atoms with Crippen LogP contribution in [0.15, 0.2) is 24.4 Å². The number of thioether (sulfide) groups is 1. The second-order valence-electron chi connectivity index (χ2n) is 4.26. The van der Waals surface area contributed by atoms with Crippen molar-refractivity contribution in [3.63, 3.8) is 0 Å². The fourth-order valence-electron chi connectivity index (χ4n) is 1.87. The first-order chi connectivity index (χ1) is 7.59. The molecule has 3 heteroatoms. The molecule has 2 aromatic rings. The fraction of sp³-hybridized carbons (Fsp3) is 0.385. The van der Waals surface area contributed by atoms with E-state index < -0.39 is 0 Å². The fourth-order valence-corrected chi connectivity index (χ4v) is 2.92. The van der Waals surface area contributed by atoms with Crippen molar-refractivity contribution >= 4 is 34.3 Å². The van der Waals surface area contributed by atoms with Crippen molar-refractivity contribution in [3.8, 4) is 0 Å². The summed E-state index contributed by atoms with van der Waals surface area (Å²) in [5, 5.41) is 2.78. The van der Waals surface area contributed by atoms with Gasteiger partial charge in [0, 0.05) is 24.4 Å². The maximum Gasteiger partial charge on any atom is 0.0670 e. The van der Waals surface area contributed by atoms with Crippen LogP contribution in [-0.2, 0) is 12.8 Å². The average Bonchev–Trinajstić information content (AvgIpc) is 2.54. The van der Waals surface area contributed by atoms with Gasteiger partial charge in [0.05, 0.1) is 10.5 Å². The molecule has 1 aromatic carbocycles. The zero-order chi connectivity index (χ0) is 11.7. The first-order valence-corrected chi connectivity index (χ1v) is 6.86. The smallest absolute Gasteiger partial charge is 0.0670 e. The van der Waals surface area contributed by atoms with E-state index >= 15 is 0 Å². The Labute approximate surface area is 106 Å². The van der Waals surface area contributed by atoms with Crippen LogP contribution in [0.25, 0.3) is 10.9 Å². The second-order valence-corrected chi connectivity index (χ2v) is 6.23. The number of rotatable bonds is 3. The van der Waals surface area contributed by atoms with Crippen LogP contribution in [-0.4, -0.2) is 9.82 Å². The first kappa shape index (κ1) is 11.9. The van der Waals surface area contributed by atoms with E-state index in [1.54, 1.807) is 0 Å². The molecule has 0 radical (unpaired) electrons. The molecule has 16 heavy (non-hydrogen) atoms. The minimum Gasteiger partial charge on any atom is -0.349 e. The molecule has 0 atom stereocenters. The van der Waals surface area contributed by atoms with Gasteiger partial charge in [-0.25, -0.2) is 0 Å². The Morgan fingerprint density at radius 3 is 2.81 bits per heavy atom. The first-order valence-electron chi connectivity index (χ1n) is 5.43. The van der Waals surface area contributed by atoms with Crippen molar-refractivity contribution in [1.82, 2.24) is 4.57 Å². The van der Waals surface area contributed by atoms with Crippen LogP contribution in [0, 0.1) is 0 Å². The maximum atomic E-state index is 6.21. The van der Waals surface area contributed by atoms with E-state index in [9.17, 15) is 0 Å². The summed E-state index contributed by atoms with van der Waals surface area (Å²) >= 11 is 8.17. The number of aryl methyl sites for hydroxylation is 1. The van der Waals surface area contributed by atoms with E-state index in [1.807, 2.05) is 23.9 Å². The molecule has 2 rings (SSSR count).